The van der Waals surface area contributed by atoms with E-state index in [2.05, 4.69) is 8.68 Å². The van der Waals surface area contributed by atoms with E-state index in [0.717, 1.165) is 0 Å². The monoisotopic (exact) mass is 370 g/mol. The molecule has 2 bridgehead atoms. The molecule has 0 aromatic rings. The van der Waals surface area contributed by atoms with Crippen LogP contribution in [0.4, 0.5) is 4.79 Å². The fourth-order valence-electron chi connectivity index (χ4n) is 2.45. The van der Waals surface area contributed by atoms with E-state index >= 15 is 0 Å². The first-order valence-electron chi connectivity index (χ1n) is 6.78. The molecule has 0 radical (unpaired) electrons. The number of hydrogen-bond acceptors (Lipinski definition) is 6. The number of nitrogens with two attached hydrogens (primary N) is 1. The number of piperidine rings is 1. The number of amidine groups is 1. The topological polar surface area (TPSA) is 160 Å². The Balaban J connectivity index is 2.24. The van der Waals surface area contributed by atoms with Crippen molar-refractivity contribution in [1.29, 1.82) is 0 Å². The van der Waals surface area contributed by atoms with Gasteiger partial charge in [-0.1, -0.05) is 0 Å². The van der Waals surface area contributed by atoms with E-state index in [9.17, 15) is 21.6 Å². The van der Waals surface area contributed by atoms with Gasteiger partial charge in [-0.05, 0) is 26.7 Å². The number of carbonyl (C=O) groups is 1. The third kappa shape index (κ3) is 3.73. The molecule has 0 aromatic carbocycles. The number of hydrogen-bond donors (Lipinski definition) is 2. The van der Waals surface area contributed by atoms with Gasteiger partial charge in [0.05, 0.1) is 17.3 Å². The number of urea groups is 1. The number of amides is 2. The highest BCUT2D eigenvalue weighted by atomic mass is 32.3. The highest BCUT2D eigenvalue weighted by Gasteiger charge is 2.48. The molecule has 0 aliphatic carbocycles. The second-order valence-electron chi connectivity index (χ2n) is 5.59. The number of nitrogens with zero attached hydrogens (tertiary/aromatic N) is 3. The summed E-state index contributed by atoms with van der Waals surface area (Å²) in [6.07, 6.45) is 0.616. The highest BCUT2D eigenvalue weighted by molar-refractivity contribution is 7.90. The fourth-order valence-corrected chi connectivity index (χ4v) is 3.47. The maximum atomic E-state index is 12.2. The molecule has 23 heavy (non-hydrogen) atoms. The van der Waals surface area contributed by atoms with Crippen molar-refractivity contribution < 1.29 is 30.5 Å². The lowest BCUT2D eigenvalue weighted by atomic mass is 10.0. The van der Waals surface area contributed by atoms with Crippen molar-refractivity contribution in [3.05, 3.63) is 0 Å². The summed E-state index contributed by atoms with van der Waals surface area (Å²) in [5.41, 5.74) is 5.74. The van der Waals surface area contributed by atoms with Crippen molar-refractivity contribution in [1.82, 2.24) is 9.96 Å². The molecule has 132 valence electrons. The summed E-state index contributed by atoms with van der Waals surface area (Å²) in [5, 5.41) is -0.203. The second kappa shape index (κ2) is 5.89. The standard InChI is InChI=1S/C10H18N4O7S2/c1-6(2)22(16,17)12-9(11)8-4-3-7-5-13(8)10(15)14(7)21-23(18,19)20/h6-8H,3-5H2,1-2H3,(H2,11,12)(H,18,19,20). The van der Waals surface area contributed by atoms with Crippen LogP contribution in [0.3, 0.4) is 0 Å². The average molecular weight is 370 g/mol. The van der Waals surface area contributed by atoms with E-state index in [0.29, 0.717) is 17.9 Å². The number of sulfonamides is 1. The lowest BCUT2D eigenvalue weighted by Crippen LogP contribution is -2.48. The van der Waals surface area contributed by atoms with Gasteiger partial charge in [0.2, 0.25) is 0 Å². The largest absolute Gasteiger partial charge is 0.418 e. The zero-order chi connectivity index (χ0) is 17.6. The van der Waals surface area contributed by atoms with Crippen LogP contribution in [0.15, 0.2) is 4.40 Å². The van der Waals surface area contributed by atoms with Gasteiger partial charge in [-0.25, -0.2) is 13.2 Å². The van der Waals surface area contributed by atoms with Gasteiger partial charge in [-0.3, -0.25) is 4.55 Å². The van der Waals surface area contributed by atoms with Gasteiger partial charge in [0.1, 0.15) is 5.84 Å². The van der Waals surface area contributed by atoms with Gasteiger partial charge in [-0.15, -0.1) is 8.68 Å². The Bertz CT molecular complexity index is 730. The number of hydroxylamine groups is 2. The van der Waals surface area contributed by atoms with E-state index < -0.39 is 43.8 Å². The van der Waals surface area contributed by atoms with Crippen LogP contribution < -0.4 is 5.73 Å². The molecule has 0 aromatic heterocycles. The predicted octanol–water partition coefficient (Wildman–Crippen LogP) is -0.915. The van der Waals surface area contributed by atoms with Gasteiger partial charge in [-0.2, -0.15) is 13.5 Å². The van der Waals surface area contributed by atoms with Crippen LogP contribution in [0.25, 0.3) is 0 Å². The Labute approximate surface area is 134 Å². The van der Waals surface area contributed by atoms with Gasteiger partial charge in [0, 0.05) is 6.54 Å². The maximum Gasteiger partial charge on any atom is 0.418 e. The molecule has 3 N–H and O–H groups in total. The van der Waals surface area contributed by atoms with Gasteiger partial charge in [0.25, 0.3) is 10.0 Å². The molecule has 11 nitrogen and oxygen atoms in total. The predicted molar refractivity (Wildman–Crippen MR) is 79.1 cm³/mol. The van der Waals surface area contributed by atoms with E-state index in [1.807, 2.05) is 0 Å². The molecule has 2 fully saturated rings. The van der Waals surface area contributed by atoms with Crippen molar-refractivity contribution >= 4 is 32.3 Å². The minimum atomic E-state index is -4.84. The summed E-state index contributed by atoms with van der Waals surface area (Å²) in [4.78, 5) is 13.3. The molecule has 2 aliphatic rings. The summed E-state index contributed by atoms with van der Waals surface area (Å²) in [6, 6.07) is -2.17. The number of carbonyl (C=O) groups excluding carboxylic acids is 1. The van der Waals surface area contributed by atoms with Crippen molar-refractivity contribution in [3.8, 4) is 0 Å². The molecule has 2 rings (SSSR count). The third-order valence-corrected chi connectivity index (χ3v) is 5.67. The SMILES string of the molecule is CC(C)S(=O)(=O)N=C(N)C1CCC2CN1C(=O)N2OS(=O)(=O)O. The van der Waals surface area contributed by atoms with Crippen LogP contribution in [-0.2, 0) is 24.7 Å². The molecule has 2 atom stereocenters. The zero-order valence-electron chi connectivity index (χ0n) is 12.5. The Morgan fingerprint density at radius 1 is 1.35 bits per heavy atom. The third-order valence-electron chi connectivity index (χ3n) is 3.67. The Kier molecular flexibility index (Phi) is 4.58. The highest BCUT2D eigenvalue weighted by Crippen LogP contribution is 2.30. The lowest BCUT2D eigenvalue weighted by molar-refractivity contribution is -0.0316. The second-order valence-corrected chi connectivity index (χ2v) is 8.75. The van der Waals surface area contributed by atoms with E-state index in [1.54, 1.807) is 0 Å². The van der Waals surface area contributed by atoms with Crippen molar-refractivity contribution in [2.45, 2.75) is 44.0 Å². The summed E-state index contributed by atoms with van der Waals surface area (Å²) >= 11 is 0. The average Bonchev–Trinajstić information content (AvgIpc) is 2.62. The van der Waals surface area contributed by atoms with Crippen molar-refractivity contribution in [3.63, 3.8) is 0 Å². The number of fused-ring (bicyclic) bond motifs is 2. The van der Waals surface area contributed by atoms with E-state index in [-0.39, 0.29) is 12.4 Å². The molecular formula is C10H18N4O7S2. The summed E-state index contributed by atoms with van der Waals surface area (Å²) < 4.78 is 61.7. The van der Waals surface area contributed by atoms with E-state index in [4.69, 9.17) is 10.3 Å². The van der Waals surface area contributed by atoms with Crippen LogP contribution in [0.2, 0.25) is 0 Å². The maximum absolute atomic E-state index is 12.2. The van der Waals surface area contributed by atoms with Crippen LogP contribution >= 0.6 is 0 Å². The molecule has 0 spiro atoms. The van der Waals surface area contributed by atoms with Crippen molar-refractivity contribution in [2.75, 3.05) is 6.54 Å². The van der Waals surface area contributed by atoms with Crippen LogP contribution in [0.5, 0.6) is 0 Å². The molecule has 2 amide bonds. The normalized spacial score (nSPS) is 26.3. The molecule has 0 saturated carbocycles. The first-order valence-corrected chi connectivity index (χ1v) is 9.65. The Morgan fingerprint density at radius 2 is 1.96 bits per heavy atom. The fraction of sp³-hybridized carbons (Fsp3) is 0.800. The Hall–Kier alpha value is -1.44. The molecule has 13 heteroatoms. The first kappa shape index (κ1) is 17.9. The lowest BCUT2D eigenvalue weighted by Gasteiger charge is -2.29. The molecule has 2 unspecified atom stereocenters. The first-order chi connectivity index (χ1) is 10.4. The summed E-state index contributed by atoms with van der Waals surface area (Å²) in [6.45, 7) is 2.99. The minimum Gasteiger partial charge on any atom is -0.385 e. The zero-order valence-corrected chi connectivity index (χ0v) is 14.1. The quantitative estimate of drug-likeness (QED) is 0.357. The van der Waals surface area contributed by atoms with E-state index in [1.165, 1.54) is 18.7 Å². The van der Waals surface area contributed by atoms with Gasteiger partial charge >= 0.3 is 16.4 Å². The van der Waals surface area contributed by atoms with Crippen LogP contribution in [0.1, 0.15) is 26.7 Å². The molecular weight excluding hydrogens is 352 g/mol. The summed E-state index contributed by atoms with van der Waals surface area (Å²) in [5.74, 6) is -0.237. The smallest absolute Gasteiger partial charge is 0.385 e. The minimum absolute atomic E-state index is 0.0942. The molecule has 2 saturated heterocycles. The summed E-state index contributed by atoms with van der Waals surface area (Å²) in [7, 11) is -8.62. The Morgan fingerprint density at radius 3 is 2.48 bits per heavy atom. The molecule has 2 aliphatic heterocycles. The van der Waals surface area contributed by atoms with Crippen LogP contribution in [0, 0.1) is 0 Å². The van der Waals surface area contributed by atoms with Crippen LogP contribution in [-0.4, -0.2) is 67.1 Å². The van der Waals surface area contributed by atoms with Crippen molar-refractivity contribution in [2.24, 2.45) is 10.1 Å². The number of rotatable bonds is 5. The molecule has 2 heterocycles. The van der Waals surface area contributed by atoms with Gasteiger partial charge < -0.3 is 10.6 Å². The van der Waals surface area contributed by atoms with Gasteiger partial charge in [0.15, 0.2) is 0 Å².